The number of nitrogens with one attached hydrogen (secondary N) is 1. The number of hydrazone groups is 1. The standard InChI is InChI=1S/C19H15Cl2N3/c20-18-10-4-8-16(19(18)21)12-23-24-13-22-11-15-7-3-6-14-5-1-2-9-17(14)15/h1-10,12-13H,11H2,(H,22,24)/b23-12+. The number of hydrogen-bond acceptors (Lipinski definition) is 2. The minimum absolute atomic E-state index is 0.484. The smallest absolute Gasteiger partial charge is 0.103 e. The molecule has 1 N–H and O–H groups in total. The third kappa shape index (κ3) is 3.94. The molecule has 24 heavy (non-hydrogen) atoms. The van der Waals surface area contributed by atoms with Crippen LogP contribution in [0.2, 0.25) is 10.0 Å². The van der Waals surface area contributed by atoms with Gasteiger partial charge in [-0.2, -0.15) is 5.10 Å². The molecule has 0 aromatic heterocycles. The van der Waals surface area contributed by atoms with E-state index in [1.54, 1.807) is 18.6 Å². The van der Waals surface area contributed by atoms with Gasteiger partial charge < -0.3 is 0 Å². The highest BCUT2D eigenvalue weighted by Crippen LogP contribution is 2.24. The van der Waals surface area contributed by atoms with Gasteiger partial charge in [0.15, 0.2) is 0 Å². The maximum absolute atomic E-state index is 6.08. The summed E-state index contributed by atoms with van der Waals surface area (Å²) in [6.07, 6.45) is 3.18. The normalized spacial score (nSPS) is 11.6. The summed E-state index contributed by atoms with van der Waals surface area (Å²) in [6, 6.07) is 19.9. The lowest BCUT2D eigenvalue weighted by molar-refractivity contribution is 1.01. The average molecular weight is 356 g/mol. The summed E-state index contributed by atoms with van der Waals surface area (Å²) in [5.74, 6) is 0. The Labute approximate surface area is 150 Å². The number of halogens is 2. The van der Waals surface area contributed by atoms with Crippen molar-refractivity contribution in [3.8, 4) is 0 Å². The van der Waals surface area contributed by atoms with E-state index in [0.717, 1.165) is 5.56 Å². The van der Waals surface area contributed by atoms with Crippen LogP contribution in [0.5, 0.6) is 0 Å². The summed E-state index contributed by atoms with van der Waals surface area (Å²) in [5.41, 5.74) is 4.70. The van der Waals surface area contributed by atoms with Crippen molar-refractivity contribution >= 4 is 46.5 Å². The average Bonchev–Trinajstić information content (AvgIpc) is 2.61. The van der Waals surface area contributed by atoms with Crippen molar-refractivity contribution in [2.75, 3.05) is 0 Å². The Hall–Kier alpha value is -2.36. The third-order valence-corrected chi connectivity index (χ3v) is 4.38. The van der Waals surface area contributed by atoms with Gasteiger partial charge in [-0.3, -0.25) is 10.4 Å². The fourth-order valence-corrected chi connectivity index (χ4v) is 2.73. The van der Waals surface area contributed by atoms with Gasteiger partial charge in [0.2, 0.25) is 0 Å². The predicted molar refractivity (Wildman–Crippen MR) is 103 cm³/mol. The Morgan fingerprint density at radius 2 is 1.71 bits per heavy atom. The molecule has 0 atom stereocenters. The molecule has 3 rings (SSSR count). The van der Waals surface area contributed by atoms with Gasteiger partial charge in [0.25, 0.3) is 0 Å². The molecular weight excluding hydrogens is 341 g/mol. The van der Waals surface area contributed by atoms with Crippen LogP contribution < -0.4 is 5.43 Å². The van der Waals surface area contributed by atoms with Crippen LogP contribution in [0.4, 0.5) is 0 Å². The summed E-state index contributed by atoms with van der Waals surface area (Å²) < 4.78 is 0. The zero-order valence-corrected chi connectivity index (χ0v) is 14.3. The molecule has 3 aromatic rings. The van der Waals surface area contributed by atoms with Crippen molar-refractivity contribution in [2.45, 2.75) is 6.54 Å². The number of fused-ring (bicyclic) bond motifs is 1. The Bertz CT molecular complexity index is 899. The molecule has 0 saturated carbocycles. The number of benzene rings is 3. The molecule has 0 bridgehead atoms. The molecule has 0 aliphatic rings. The highest BCUT2D eigenvalue weighted by atomic mass is 35.5. The minimum atomic E-state index is 0.484. The van der Waals surface area contributed by atoms with Crippen LogP contribution in [0.25, 0.3) is 10.8 Å². The quantitative estimate of drug-likeness (QED) is 0.376. The molecule has 3 nitrogen and oxygen atoms in total. The lowest BCUT2D eigenvalue weighted by atomic mass is 10.1. The van der Waals surface area contributed by atoms with Gasteiger partial charge in [-0.1, -0.05) is 77.8 Å². The molecule has 0 saturated heterocycles. The highest BCUT2D eigenvalue weighted by molar-refractivity contribution is 6.43. The van der Waals surface area contributed by atoms with E-state index in [2.05, 4.69) is 39.8 Å². The van der Waals surface area contributed by atoms with Crippen LogP contribution in [0, 0.1) is 0 Å². The minimum Gasteiger partial charge on any atom is -0.269 e. The molecule has 0 aliphatic carbocycles. The van der Waals surface area contributed by atoms with Gasteiger partial charge in [0.1, 0.15) is 6.34 Å². The van der Waals surface area contributed by atoms with Crippen LogP contribution in [0.1, 0.15) is 11.1 Å². The molecule has 0 unspecified atom stereocenters. The molecule has 0 radical (unpaired) electrons. The predicted octanol–water partition coefficient (Wildman–Crippen LogP) is 5.30. The molecule has 3 aromatic carbocycles. The van der Waals surface area contributed by atoms with Crippen LogP contribution in [-0.2, 0) is 6.54 Å². The first-order valence-corrected chi connectivity index (χ1v) is 8.19. The molecular formula is C19H15Cl2N3. The van der Waals surface area contributed by atoms with Gasteiger partial charge in [-0.15, -0.1) is 0 Å². The Morgan fingerprint density at radius 1 is 0.917 bits per heavy atom. The van der Waals surface area contributed by atoms with Crippen molar-refractivity contribution in [2.24, 2.45) is 10.1 Å². The van der Waals surface area contributed by atoms with Crippen LogP contribution in [-0.4, -0.2) is 12.6 Å². The summed E-state index contributed by atoms with van der Waals surface area (Å²) in [5, 5.41) is 7.49. The van der Waals surface area contributed by atoms with Crippen molar-refractivity contribution < 1.29 is 0 Å². The van der Waals surface area contributed by atoms with E-state index < -0.39 is 0 Å². The van der Waals surface area contributed by atoms with E-state index in [1.807, 2.05) is 30.3 Å². The number of nitrogens with zero attached hydrogens (tertiary/aromatic N) is 2. The van der Waals surface area contributed by atoms with Crippen molar-refractivity contribution in [1.29, 1.82) is 0 Å². The number of hydrogen-bond donors (Lipinski definition) is 1. The molecule has 0 fully saturated rings. The summed E-state index contributed by atoms with van der Waals surface area (Å²) in [6.45, 7) is 0.585. The summed E-state index contributed by atoms with van der Waals surface area (Å²) in [4.78, 5) is 4.35. The van der Waals surface area contributed by atoms with Crippen LogP contribution in [0.15, 0.2) is 70.8 Å². The molecule has 5 heteroatoms. The van der Waals surface area contributed by atoms with E-state index in [9.17, 15) is 0 Å². The fourth-order valence-electron chi connectivity index (χ4n) is 2.38. The van der Waals surface area contributed by atoms with Gasteiger partial charge in [0.05, 0.1) is 22.8 Å². The van der Waals surface area contributed by atoms with E-state index in [-0.39, 0.29) is 0 Å². The van der Waals surface area contributed by atoms with E-state index in [0.29, 0.717) is 16.6 Å². The van der Waals surface area contributed by atoms with Gasteiger partial charge in [-0.25, -0.2) is 0 Å². The fraction of sp³-hybridized carbons (Fsp3) is 0.0526. The first-order valence-electron chi connectivity index (χ1n) is 7.43. The second-order valence-electron chi connectivity index (χ2n) is 5.14. The Balaban J connectivity index is 1.61. The van der Waals surface area contributed by atoms with Gasteiger partial charge in [-0.05, 0) is 22.4 Å². The highest BCUT2D eigenvalue weighted by Gasteiger charge is 2.01. The SMILES string of the molecule is Clc1cccc(/C=N/NC=NCc2cccc3ccccc23)c1Cl. The van der Waals surface area contributed by atoms with Crippen LogP contribution in [0.3, 0.4) is 0 Å². The number of aliphatic imine (C=N–C) groups is 1. The summed E-state index contributed by atoms with van der Waals surface area (Å²) >= 11 is 12.0. The number of rotatable bonds is 5. The second-order valence-corrected chi connectivity index (χ2v) is 5.92. The Morgan fingerprint density at radius 3 is 2.62 bits per heavy atom. The first kappa shape index (κ1) is 16.5. The van der Waals surface area contributed by atoms with E-state index >= 15 is 0 Å². The summed E-state index contributed by atoms with van der Waals surface area (Å²) in [7, 11) is 0. The molecule has 0 aliphatic heterocycles. The third-order valence-electron chi connectivity index (χ3n) is 3.55. The monoisotopic (exact) mass is 355 g/mol. The zero-order valence-electron chi connectivity index (χ0n) is 12.8. The molecule has 0 amide bonds. The molecule has 0 spiro atoms. The lowest BCUT2D eigenvalue weighted by Crippen LogP contribution is -2.02. The first-order chi connectivity index (χ1) is 11.8. The lowest BCUT2D eigenvalue weighted by Gasteiger charge is -2.03. The van der Waals surface area contributed by atoms with Crippen molar-refractivity contribution in [1.82, 2.24) is 5.43 Å². The van der Waals surface area contributed by atoms with E-state index in [4.69, 9.17) is 23.2 Å². The van der Waals surface area contributed by atoms with Crippen molar-refractivity contribution in [3.63, 3.8) is 0 Å². The molecule has 0 heterocycles. The van der Waals surface area contributed by atoms with Crippen molar-refractivity contribution in [3.05, 3.63) is 81.8 Å². The maximum atomic E-state index is 6.08. The second kappa shape index (κ2) is 7.95. The largest absolute Gasteiger partial charge is 0.269 e. The zero-order chi connectivity index (χ0) is 16.8. The topological polar surface area (TPSA) is 36.8 Å². The Kier molecular flexibility index (Phi) is 5.47. The maximum Gasteiger partial charge on any atom is 0.103 e. The van der Waals surface area contributed by atoms with Gasteiger partial charge >= 0.3 is 0 Å². The van der Waals surface area contributed by atoms with Gasteiger partial charge in [0, 0.05) is 5.56 Å². The van der Waals surface area contributed by atoms with E-state index in [1.165, 1.54) is 16.3 Å². The molecule has 120 valence electrons. The van der Waals surface area contributed by atoms with Crippen LogP contribution >= 0.6 is 23.2 Å².